The number of aryl methyl sites for hydroxylation is 1. The molecule has 2 aromatic rings. The van der Waals surface area contributed by atoms with Crippen LogP contribution in [0.2, 0.25) is 0 Å². The predicted molar refractivity (Wildman–Crippen MR) is 93.7 cm³/mol. The highest BCUT2D eigenvalue weighted by atomic mass is 16.3. The summed E-state index contributed by atoms with van der Waals surface area (Å²) in [5.74, 6) is 0.974. The minimum atomic E-state index is 0.458. The zero-order chi connectivity index (χ0) is 15.9. The zero-order valence-electron chi connectivity index (χ0n) is 13.6. The van der Waals surface area contributed by atoms with E-state index in [-0.39, 0.29) is 0 Å². The van der Waals surface area contributed by atoms with Gasteiger partial charge in [-0.25, -0.2) is 0 Å². The fourth-order valence-corrected chi connectivity index (χ4v) is 3.56. The molecule has 1 aliphatic carbocycles. The van der Waals surface area contributed by atoms with Gasteiger partial charge in [0.1, 0.15) is 5.75 Å². The summed E-state index contributed by atoms with van der Waals surface area (Å²) in [7, 11) is 0. The number of rotatable bonds is 6. The van der Waals surface area contributed by atoms with Crippen molar-refractivity contribution >= 4 is 0 Å². The van der Waals surface area contributed by atoms with E-state index < -0.39 is 0 Å². The number of hydrogen-bond donors (Lipinski definition) is 2. The first-order chi connectivity index (χ1) is 11.3. The van der Waals surface area contributed by atoms with Crippen LogP contribution in [0.3, 0.4) is 0 Å². The molecule has 0 bridgehead atoms. The van der Waals surface area contributed by atoms with E-state index in [0.29, 0.717) is 17.7 Å². The summed E-state index contributed by atoms with van der Waals surface area (Å²) in [5.41, 5.74) is 2.30. The first-order valence-corrected chi connectivity index (χ1v) is 8.74. The van der Waals surface area contributed by atoms with Crippen molar-refractivity contribution in [1.29, 1.82) is 0 Å². The van der Waals surface area contributed by atoms with Crippen molar-refractivity contribution in [3.63, 3.8) is 0 Å². The first kappa shape index (κ1) is 16.0. The van der Waals surface area contributed by atoms with Crippen LogP contribution in [0.1, 0.15) is 49.3 Å². The summed E-state index contributed by atoms with van der Waals surface area (Å²) in [6.07, 6.45) is 8.76. The summed E-state index contributed by atoms with van der Waals surface area (Å²) < 4.78 is 0. The van der Waals surface area contributed by atoms with Crippen LogP contribution >= 0.6 is 0 Å². The van der Waals surface area contributed by atoms with Crippen LogP contribution < -0.4 is 5.32 Å². The van der Waals surface area contributed by atoms with Gasteiger partial charge in [0, 0.05) is 17.9 Å². The second kappa shape index (κ2) is 8.11. The molecule has 3 nitrogen and oxygen atoms in total. The average Bonchev–Trinajstić information content (AvgIpc) is 2.61. The van der Waals surface area contributed by atoms with E-state index in [1.807, 2.05) is 24.4 Å². The van der Waals surface area contributed by atoms with Crippen LogP contribution in [0.25, 0.3) is 0 Å². The van der Waals surface area contributed by atoms with E-state index >= 15 is 0 Å². The third-order valence-corrected chi connectivity index (χ3v) is 4.87. The Morgan fingerprint density at radius 1 is 1.00 bits per heavy atom. The van der Waals surface area contributed by atoms with E-state index in [9.17, 15) is 5.11 Å². The third-order valence-electron chi connectivity index (χ3n) is 4.87. The van der Waals surface area contributed by atoms with Crippen LogP contribution in [0, 0.1) is 0 Å². The Hall–Kier alpha value is -1.87. The van der Waals surface area contributed by atoms with E-state index in [4.69, 9.17) is 0 Å². The lowest BCUT2D eigenvalue weighted by atomic mass is 9.81. The molecule has 0 saturated heterocycles. The predicted octanol–water partition coefficient (Wildman–Crippen LogP) is 4.04. The molecule has 0 amide bonds. The number of pyridine rings is 1. The van der Waals surface area contributed by atoms with Gasteiger partial charge in [0.25, 0.3) is 0 Å². The molecule has 23 heavy (non-hydrogen) atoms. The van der Waals surface area contributed by atoms with Gasteiger partial charge in [-0.3, -0.25) is 4.98 Å². The number of para-hydroxylation sites is 1. The van der Waals surface area contributed by atoms with Crippen LogP contribution in [-0.4, -0.2) is 22.7 Å². The number of hydrogen-bond acceptors (Lipinski definition) is 3. The monoisotopic (exact) mass is 310 g/mol. The Morgan fingerprint density at radius 2 is 1.78 bits per heavy atom. The number of phenols is 1. The molecule has 122 valence electrons. The standard InChI is InChI=1S/C20H26N2O/c23-20-9-2-1-8-19(20)16-10-12-18(13-11-16)22-15-5-7-17-6-3-4-14-21-17/h1-4,6,8-9,14,16,18,22-23H,5,7,10-13,15H2/t16-,18-. The Bertz CT molecular complexity index is 592. The molecule has 2 N–H and O–H groups in total. The second-order valence-corrected chi connectivity index (χ2v) is 6.49. The van der Waals surface area contributed by atoms with Gasteiger partial charge in [0.05, 0.1) is 0 Å². The maximum atomic E-state index is 9.99. The molecule has 1 heterocycles. The van der Waals surface area contributed by atoms with Crippen LogP contribution in [-0.2, 0) is 6.42 Å². The van der Waals surface area contributed by atoms with Crippen LogP contribution in [0.4, 0.5) is 0 Å². The molecular formula is C20H26N2O. The van der Waals surface area contributed by atoms with Crippen LogP contribution in [0.5, 0.6) is 5.75 Å². The summed E-state index contributed by atoms with van der Waals surface area (Å²) in [6.45, 7) is 1.06. The smallest absolute Gasteiger partial charge is 0.119 e. The van der Waals surface area contributed by atoms with Gasteiger partial charge in [-0.1, -0.05) is 24.3 Å². The highest BCUT2D eigenvalue weighted by Gasteiger charge is 2.23. The first-order valence-electron chi connectivity index (χ1n) is 8.74. The van der Waals surface area contributed by atoms with E-state index in [1.165, 1.54) is 18.5 Å². The quantitative estimate of drug-likeness (QED) is 0.792. The number of nitrogens with one attached hydrogen (secondary N) is 1. The maximum absolute atomic E-state index is 9.99. The van der Waals surface area contributed by atoms with E-state index in [1.54, 1.807) is 6.07 Å². The van der Waals surface area contributed by atoms with Gasteiger partial charge in [-0.2, -0.15) is 0 Å². The number of phenolic OH excluding ortho intramolecular Hbond substituents is 1. The second-order valence-electron chi connectivity index (χ2n) is 6.49. The van der Waals surface area contributed by atoms with Gasteiger partial charge in [-0.15, -0.1) is 0 Å². The molecular weight excluding hydrogens is 284 g/mol. The number of aromatic nitrogens is 1. The highest BCUT2D eigenvalue weighted by molar-refractivity contribution is 5.35. The van der Waals surface area contributed by atoms with E-state index in [0.717, 1.165) is 37.8 Å². The molecule has 0 spiro atoms. The summed E-state index contributed by atoms with van der Waals surface area (Å²) in [4.78, 5) is 4.36. The molecule has 1 fully saturated rings. The Balaban J connectivity index is 1.37. The molecule has 3 heteroatoms. The van der Waals surface area contributed by atoms with Crippen molar-refractivity contribution < 1.29 is 5.11 Å². The molecule has 1 saturated carbocycles. The van der Waals surface area contributed by atoms with Crippen LogP contribution in [0.15, 0.2) is 48.7 Å². The fourth-order valence-electron chi connectivity index (χ4n) is 3.56. The van der Waals surface area contributed by atoms with E-state index in [2.05, 4.69) is 28.5 Å². The minimum absolute atomic E-state index is 0.458. The number of nitrogens with zero attached hydrogens (tertiary/aromatic N) is 1. The Labute approximate surface area is 138 Å². The van der Waals surface area contributed by atoms with Gasteiger partial charge in [-0.05, 0) is 74.8 Å². The van der Waals surface area contributed by atoms with Gasteiger partial charge in [0.2, 0.25) is 0 Å². The van der Waals surface area contributed by atoms with Crippen molar-refractivity contribution in [3.8, 4) is 5.75 Å². The fraction of sp³-hybridized carbons (Fsp3) is 0.450. The van der Waals surface area contributed by atoms with Crippen molar-refractivity contribution in [2.75, 3.05) is 6.54 Å². The third kappa shape index (κ3) is 4.55. The van der Waals surface area contributed by atoms with Crippen molar-refractivity contribution in [2.24, 2.45) is 0 Å². The Morgan fingerprint density at radius 3 is 2.52 bits per heavy atom. The minimum Gasteiger partial charge on any atom is -0.508 e. The zero-order valence-corrected chi connectivity index (χ0v) is 13.6. The lowest BCUT2D eigenvalue weighted by Gasteiger charge is -2.29. The van der Waals surface area contributed by atoms with Gasteiger partial charge < -0.3 is 10.4 Å². The summed E-state index contributed by atoms with van der Waals surface area (Å²) >= 11 is 0. The Kier molecular flexibility index (Phi) is 5.65. The van der Waals surface area contributed by atoms with Crippen molar-refractivity contribution in [3.05, 3.63) is 59.9 Å². The SMILES string of the molecule is Oc1ccccc1[C@H]1CC[C@H](NCCCc2ccccn2)CC1. The molecule has 0 radical (unpaired) electrons. The normalized spacial score (nSPS) is 21.2. The van der Waals surface area contributed by atoms with Gasteiger partial charge in [0.15, 0.2) is 0 Å². The average molecular weight is 310 g/mol. The lowest BCUT2D eigenvalue weighted by Crippen LogP contribution is -2.33. The molecule has 0 atom stereocenters. The van der Waals surface area contributed by atoms with Crippen molar-refractivity contribution in [2.45, 2.75) is 50.5 Å². The number of aromatic hydroxyl groups is 1. The number of benzene rings is 1. The highest BCUT2D eigenvalue weighted by Crippen LogP contribution is 2.36. The summed E-state index contributed by atoms with van der Waals surface area (Å²) in [5, 5.41) is 13.7. The van der Waals surface area contributed by atoms with Crippen molar-refractivity contribution in [1.82, 2.24) is 10.3 Å². The molecule has 3 rings (SSSR count). The summed E-state index contributed by atoms with van der Waals surface area (Å²) in [6, 6.07) is 14.5. The molecule has 1 aliphatic rings. The topological polar surface area (TPSA) is 45.1 Å². The molecule has 0 aliphatic heterocycles. The molecule has 0 unspecified atom stereocenters. The molecule has 1 aromatic carbocycles. The maximum Gasteiger partial charge on any atom is 0.119 e. The largest absolute Gasteiger partial charge is 0.508 e. The van der Waals surface area contributed by atoms with Gasteiger partial charge >= 0.3 is 0 Å². The molecule has 1 aromatic heterocycles. The lowest BCUT2D eigenvalue weighted by molar-refractivity contribution is 0.336.